The smallest absolute Gasteiger partial charge is 0.252 e. The van der Waals surface area contributed by atoms with Gasteiger partial charge in [-0.1, -0.05) is 0 Å². The maximum Gasteiger partial charge on any atom is 0.252 e. The quantitative estimate of drug-likeness (QED) is 0.782. The molecule has 1 unspecified atom stereocenters. The molecule has 0 spiro atoms. The molecule has 1 aromatic heterocycles. The first-order chi connectivity index (χ1) is 7.55. The van der Waals surface area contributed by atoms with E-state index in [1.54, 1.807) is 11.3 Å². The van der Waals surface area contributed by atoms with Crippen molar-refractivity contribution in [3.63, 3.8) is 0 Å². The number of carbonyl (C=O) groups is 1. The molecule has 1 aliphatic carbocycles. The summed E-state index contributed by atoms with van der Waals surface area (Å²) in [6.07, 6.45) is 2.35. The van der Waals surface area contributed by atoms with Crippen molar-refractivity contribution in [1.82, 2.24) is 5.32 Å². The molecular weight excluding hydrogens is 371 g/mol. The molecule has 17 heavy (non-hydrogen) atoms. The van der Waals surface area contributed by atoms with E-state index in [4.69, 9.17) is 5.73 Å². The van der Waals surface area contributed by atoms with Crippen LogP contribution in [0, 0.1) is 8.80 Å². The topological polar surface area (TPSA) is 55.1 Å². The lowest BCUT2D eigenvalue weighted by atomic mass is 9.95. The highest BCUT2D eigenvalue weighted by Gasteiger charge is 2.41. The second-order valence-electron chi connectivity index (χ2n) is 4.49. The monoisotopic (exact) mass is 386 g/mol. The van der Waals surface area contributed by atoms with E-state index in [1.165, 1.54) is 12.8 Å². The highest BCUT2D eigenvalue weighted by molar-refractivity contribution is 14.1. The van der Waals surface area contributed by atoms with Crippen LogP contribution in [0.25, 0.3) is 0 Å². The highest BCUT2D eigenvalue weighted by atomic mass is 127. The summed E-state index contributed by atoms with van der Waals surface area (Å²) in [4.78, 5) is 12.0. The average molecular weight is 387 g/mol. The Morgan fingerprint density at radius 1 is 1.71 bits per heavy atom. The molecule has 1 aromatic rings. The van der Waals surface area contributed by atoms with Crippen molar-refractivity contribution in [3.05, 3.63) is 19.9 Å². The molecule has 1 heterocycles. The summed E-state index contributed by atoms with van der Waals surface area (Å²) in [6, 6.07) is 1.91. The van der Waals surface area contributed by atoms with Gasteiger partial charge in [0.2, 0.25) is 0 Å². The molecule has 1 fully saturated rings. The van der Waals surface area contributed by atoms with Crippen molar-refractivity contribution in [1.29, 1.82) is 0 Å². The van der Waals surface area contributed by atoms with E-state index in [0.29, 0.717) is 12.5 Å². The second kappa shape index (κ2) is 5.86. The number of amides is 1. The molecule has 0 saturated heterocycles. The Kier molecular flexibility index (Phi) is 5.24. The van der Waals surface area contributed by atoms with Gasteiger partial charge in [-0.3, -0.25) is 4.79 Å². The standard InChI is InChI=1S/C11H15IN2OS.ClH/c1-11(6-13,8-2-3-8)14-10(15)7-4-9(12)16-5-7;/h4-5,8H,2-3,6,13H2,1H3,(H,14,15);1H. The van der Waals surface area contributed by atoms with Gasteiger partial charge in [-0.05, 0) is 54.3 Å². The van der Waals surface area contributed by atoms with Crippen molar-refractivity contribution >= 4 is 52.2 Å². The van der Waals surface area contributed by atoms with E-state index in [1.807, 2.05) is 18.4 Å². The molecule has 1 amide bonds. The minimum absolute atomic E-state index is 0. The predicted octanol–water partition coefficient (Wildman–Crippen LogP) is 2.63. The Bertz CT molecular complexity index is 408. The summed E-state index contributed by atoms with van der Waals surface area (Å²) in [5.74, 6) is 0.554. The van der Waals surface area contributed by atoms with Gasteiger partial charge in [0.1, 0.15) is 0 Å². The van der Waals surface area contributed by atoms with Gasteiger partial charge in [0.05, 0.1) is 14.0 Å². The number of nitrogens with one attached hydrogen (secondary N) is 1. The molecule has 1 saturated carbocycles. The average Bonchev–Trinajstić information content (AvgIpc) is 3.02. The SMILES string of the molecule is CC(CN)(NC(=O)c1csc(I)c1)C1CC1.Cl. The third kappa shape index (κ3) is 3.56. The molecule has 1 aliphatic rings. The maximum atomic E-state index is 12.0. The first kappa shape index (κ1) is 15.2. The van der Waals surface area contributed by atoms with Crippen molar-refractivity contribution in [2.45, 2.75) is 25.3 Å². The highest BCUT2D eigenvalue weighted by Crippen LogP contribution is 2.39. The minimum Gasteiger partial charge on any atom is -0.345 e. The lowest BCUT2D eigenvalue weighted by molar-refractivity contribution is 0.0898. The van der Waals surface area contributed by atoms with Crippen LogP contribution in [-0.2, 0) is 0 Å². The fraction of sp³-hybridized carbons (Fsp3) is 0.545. The Hall–Kier alpha value is 0.150. The van der Waals surface area contributed by atoms with E-state index >= 15 is 0 Å². The molecule has 0 bridgehead atoms. The first-order valence-corrected chi connectivity index (χ1v) is 7.27. The number of hydrogen-bond donors (Lipinski definition) is 2. The molecule has 3 N–H and O–H groups in total. The number of rotatable bonds is 4. The van der Waals surface area contributed by atoms with Crippen LogP contribution in [0.5, 0.6) is 0 Å². The van der Waals surface area contributed by atoms with E-state index in [0.717, 1.165) is 8.45 Å². The van der Waals surface area contributed by atoms with Crippen LogP contribution in [0.4, 0.5) is 0 Å². The van der Waals surface area contributed by atoms with Gasteiger partial charge in [0.25, 0.3) is 5.91 Å². The van der Waals surface area contributed by atoms with Gasteiger partial charge < -0.3 is 11.1 Å². The van der Waals surface area contributed by atoms with Gasteiger partial charge in [0, 0.05) is 11.9 Å². The second-order valence-corrected chi connectivity index (χ2v) is 7.29. The Labute approximate surface area is 125 Å². The van der Waals surface area contributed by atoms with Crippen LogP contribution in [0.15, 0.2) is 11.4 Å². The van der Waals surface area contributed by atoms with E-state index in [9.17, 15) is 4.79 Å². The molecular formula is C11H16ClIN2OS. The molecule has 0 radical (unpaired) electrons. The summed E-state index contributed by atoms with van der Waals surface area (Å²) in [5.41, 5.74) is 6.28. The fourth-order valence-electron chi connectivity index (χ4n) is 1.80. The normalized spacial score (nSPS) is 18.1. The van der Waals surface area contributed by atoms with Gasteiger partial charge in [0.15, 0.2) is 0 Å². The van der Waals surface area contributed by atoms with Crippen molar-refractivity contribution in [2.75, 3.05) is 6.54 Å². The van der Waals surface area contributed by atoms with Crippen LogP contribution < -0.4 is 11.1 Å². The van der Waals surface area contributed by atoms with Crippen molar-refractivity contribution < 1.29 is 4.79 Å². The Balaban J connectivity index is 0.00000144. The van der Waals surface area contributed by atoms with E-state index in [2.05, 4.69) is 27.9 Å². The van der Waals surface area contributed by atoms with E-state index < -0.39 is 0 Å². The van der Waals surface area contributed by atoms with Crippen LogP contribution in [0.2, 0.25) is 0 Å². The molecule has 3 nitrogen and oxygen atoms in total. The number of thiophene rings is 1. The van der Waals surface area contributed by atoms with Gasteiger partial charge in [-0.25, -0.2) is 0 Å². The largest absolute Gasteiger partial charge is 0.345 e. The third-order valence-electron chi connectivity index (χ3n) is 3.13. The lowest BCUT2D eigenvalue weighted by Crippen LogP contribution is -2.53. The van der Waals surface area contributed by atoms with Crippen LogP contribution in [0.3, 0.4) is 0 Å². The zero-order chi connectivity index (χ0) is 11.8. The zero-order valence-electron chi connectivity index (χ0n) is 9.53. The Morgan fingerprint density at radius 2 is 2.35 bits per heavy atom. The van der Waals surface area contributed by atoms with Crippen molar-refractivity contribution in [3.8, 4) is 0 Å². The lowest BCUT2D eigenvalue weighted by Gasteiger charge is -2.29. The van der Waals surface area contributed by atoms with Gasteiger partial charge in [-0.2, -0.15) is 0 Å². The van der Waals surface area contributed by atoms with Gasteiger partial charge in [-0.15, -0.1) is 23.7 Å². The molecule has 1 atom stereocenters. The number of nitrogens with two attached hydrogens (primary N) is 1. The van der Waals surface area contributed by atoms with Crippen molar-refractivity contribution in [2.24, 2.45) is 11.7 Å². The predicted molar refractivity (Wildman–Crippen MR) is 81.9 cm³/mol. The summed E-state index contributed by atoms with van der Waals surface area (Å²) < 4.78 is 1.13. The number of carbonyl (C=O) groups excluding carboxylic acids is 1. The van der Waals surface area contributed by atoms with Crippen LogP contribution in [-0.4, -0.2) is 18.0 Å². The fourth-order valence-corrected chi connectivity index (χ4v) is 3.13. The molecule has 96 valence electrons. The number of halogens is 2. The van der Waals surface area contributed by atoms with Gasteiger partial charge >= 0.3 is 0 Å². The molecule has 0 aromatic carbocycles. The molecule has 2 rings (SSSR count). The summed E-state index contributed by atoms with van der Waals surface area (Å²) in [6.45, 7) is 2.55. The maximum absolute atomic E-state index is 12.0. The Morgan fingerprint density at radius 3 is 2.76 bits per heavy atom. The summed E-state index contributed by atoms with van der Waals surface area (Å²) in [5, 5.41) is 4.96. The van der Waals surface area contributed by atoms with Crippen LogP contribution in [0.1, 0.15) is 30.1 Å². The number of hydrogen-bond acceptors (Lipinski definition) is 3. The summed E-state index contributed by atoms with van der Waals surface area (Å²) >= 11 is 3.81. The zero-order valence-corrected chi connectivity index (χ0v) is 13.3. The summed E-state index contributed by atoms with van der Waals surface area (Å²) in [7, 11) is 0. The molecule has 6 heteroatoms. The van der Waals surface area contributed by atoms with E-state index in [-0.39, 0.29) is 23.9 Å². The third-order valence-corrected chi connectivity index (χ3v) is 4.92. The first-order valence-electron chi connectivity index (χ1n) is 5.32. The molecule has 0 aliphatic heterocycles. The minimum atomic E-state index is -0.232. The van der Waals surface area contributed by atoms with Crippen LogP contribution >= 0.6 is 46.3 Å².